The summed E-state index contributed by atoms with van der Waals surface area (Å²) in [5.74, 6) is 0. The number of rotatable bonds is 15. The van der Waals surface area contributed by atoms with E-state index in [2.05, 4.69) is 506 Å². The first-order valence-corrected chi connectivity index (χ1v) is 44.3. The van der Waals surface area contributed by atoms with E-state index in [1.807, 2.05) is 0 Å². The zero-order valence-corrected chi connectivity index (χ0v) is 71.1. The fourth-order valence-corrected chi connectivity index (χ4v) is 20.2. The van der Waals surface area contributed by atoms with Crippen molar-refractivity contribution in [3.63, 3.8) is 0 Å². The summed E-state index contributed by atoms with van der Waals surface area (Å²) in [5.41, 5.74) is 38.3. The van der Waals surface area contributed by atoms with Crippen LogP contribution in [0.5, 0.6) is 0 Å². The standard InChI is InChI=1S/C63H44N2O.C60H40N2O/c1-63(2)56-25-12-9-22-50(56)51-37-36-49(39-57(51)63)64(46-32-28-43(29-33-46)41-16-5-3-6-17-41)47-34-30-44(31-35-47)54-40-55-52-23-10-13-26-58(52)65(48-21-15-20-45(38-48)42-18-7-4-8-19-42)61(55)60-53-24-11-14-27-59(53)66-62(54)60;1-4-15-41(16-5-1)44-27-33-48(34-28-44)61(49-35-29-45(30-36-49)42-17-6-2-7-18-42)50-37-31-46(32-38-50)54-40-55-52-23-10-12-25-56(52)62(51-22-14-21-47(39-51)43-19-8-3-9-20-43)59(55)58-53-24-11-13-26-57(53)63-60(54)58/h3-40H,1-2H3;1-40H. The molecule has 4 aromatic heterocycles. The number of fused-ring (bicyclic) bond motifs is 17. The fraction of sp³-hybridized carbons (Fsp3) is 0.0244. The minimum Gasteiger partial charge on any atom is -0.455 e. The highest BCUT2D eigenvalue weighted by Gasteiger charge is 2.36. The van der Waals surface area contributed by atoms with E-state index >= 15 is 0 Å². The molecule has 0 radical (unpaired) electrons. The molecule has 20 aromatic carbocycles. The van der Waals surface area contributed by atoms with Crippen molar-refractivity contribution in [1.29, 1.82) is 0 Å². The summed E-state index contributed by atoms with van der Waals surface area (Å²) in [7, 11) is 0. The molecule has 0 amide bonds. The zero-order valence-electron chi connectivity index (χ0n) is 71.1. The minimum atomic E-state index is -0.126. The molecule has 6 heteroatoms. The van der Waals surface area contributed by atoms with Gasteiger partial charge in [0.05, 0.1) is 32.8 Å². The molecule has 0 fully saturated rings. The third-order valence-electron chi connectivity index (χ3n) is 26.4. The highest BCUT2D eigenvalue weighted by Crippen LogP contribution is 2.54. The monoisotopic (exact) mass is 1650 g/mol. The smallest absolute Gasteiger partial charge is 0.145 e. The number of hydrogen-bond acceptors (Lipinski definition) is 4. The average Bonchev–Trinajstić information content (AvgIpc) is 1.55. The molecule has 0 bridgehead atoms. The highest BCUT2D eigenvalue weighted by molar-refractivity contribution is 6.29. The highest BCUT2D eigenvalue weighted by atomic mass is 16.3. The van der Waals surface area contributed by atoms with Crippen molar-refractivity contribution in [2.45, 2.75) is 19.3 Å². The molecule has 24 aromatic rings. The van der Waals surface area contributed by atoms with Crippen molar-refractivity contribution in [2.24, 2.45) is 0 Å². The Morgan fingerprint density at radius 1 is 0.202 bits per heavy atom. The maximum Gasteiger partial charge on any atom is 0.145 e. The SMILES string of the molecule is CC1(C)c2ccccc2-c2ccc(N(c3ccc(-c4ccccc4)cc3)c3ccc(-c4cc5c6ccccc6n(-c6cccc(-c7ccccc7)c6)c5c5c4oc4ccccc45)cc3)cc21.c1ccc(-c2ccc(N(c3ccc(-c4ccccc4)cc3)c3ccc(-c4cc5c6ccccc6n(-c6cccc(-c7ccccc7)c6)c5c5c4oc4ccccc45)cc3)cc2)cc1. The molecule has 0 N–H and O–H groups in total. The molecule has 1 aliphatic rings. The van der Waals surface area contributed by atoms with E-state index in [0.29, 0.717) is 0 Å². The van der Waals surface area contributed by atoms with Crippen molar-refractivity contribution in [1.82, 2.24) is 9.13 Å². The average molecular weight is 1650 g/mol. The van der Waals surface area contributed by atoms with Crippen LogP contribution in [0.15, 0.2) is 482 Å². The Morgan fingerprint density at radius 2 is 0.496 bits per heavy atom. The molecule has 6 nitrogen and oxygen atoms in total. The van der Waals surface area contributed by atoms with E-state index < -0.39 is 0 Å². The Balaban J connectivity index is 0.000000143. The summed E-state index contributed by atoms with van der Waals surface area (Å²) in [4.78, 5) is 4.74. The molecule has 25 rings (SSSR count). The number of aromatic nitrogens is 2. The van der Waals surface area contributed by atoms with Crippen LogP contribution in [0.4, 0.5) is 34.1 Å². The van der Waals surface area contributed by atoms with Gasteiger partial charge in [-0.05, 0) is 222 Å². The molecule has 4 heterocycles. The van der Waals surface area contributed by atoms with Crippen molar-refractivity contribution in [3.8, 4) is 100 Å². The maximum atomic E-state index is 6.96. The molecule has 1 aliphatic carbocycles. The van der Waals surface area contributed by atoms with Gasteiger partial charge in [-0.15, -0.1) is 0 Å². The van der Waals surface area contributed by atoms with Crippen LogP contribution in [0, 0.1) is 0 Å². The molecule has 0 saturated heterocycles. The summed E-state index contributed by atoms with van der Waals surface area (Å²) in [6, 6.07) is 171. The predicted molar refractivity (Wildman–Crippen MR) is 541 cm³/mol. The second-order valence-electron chi connectivity index (χ2n) is 34.2. The van der Waals surface area contributed by atoms with Gasteiger partial charge in [0.15, 0.2) is 0 Å². The van der Waals surface area contributed by atoms with Crippen molar-refractivity contribution < 1.29 is 8.83 Å². The Hall–Kier alpha value is -16.8. The van der Waals surface area contributed by atoms with Crippen LogP contribution in [-0.2, 0) is 5.41 Å². The van der Waals surface area contributed by atoms with E-state index in [1.54, 1.807) is 0 Å². The number of para-hydroxylation sites is 4. The van der Waals surface area contributed by atoms with Crippen LogP contribution >= 0.6 is 0 Å². The second-order valence-corrected chi connectivity index (χ2v) is 34.2. The summed E-state index contributed by atoms with van der Waals surface area (Å²) in [5, 5.41) is 9.21. The molecule has 0 saturated carbocycles. The minimum absolute atomic E-state index is 0.126. The quantitative estimate of drug-likeness (QED) is 0.103. The summed E-state index contributed by atoms with van der Waals surface area (Å²) in [6.07, 6.45) is 0. The lowest BCUT2D eigenvalue weighted by Gasteiger charge is -2.28. The number of nitrogens with zero attached hydrogens (tertiary/aromatic N) is 4. The summed E-state index contributed by atoms with van der Waals surface area (Å²) in [6.45, 7) is 4.70. The Labute approximate surface area is 748 Å². The normalized spacial score (nSPS) is 12.2. The predicted octanol–water partition coefficient (Wildman–Crippen LogP) is 34.3. The van der Waals surface area contributed by atoms with Gasteiger partial charge in [0, 0.05) is 94.4 Å². The van der Waals surface area contributed by atoms with Crippen LogP contribution in [0.2, 0.25) is 0 Å². The fourth-order valence-electron chi connectivity index (χ4n) is 20.2. The van der Waals surface area contributed by atoms with Crippen LogP contribution in [0.1, 0.15) is 25.0 Å². The van der Waals surface area contributed by atoms with Gasteiger partial charge < -0.3 is 27.8 Å². The lowest BCUT2D eigenvalue weighted by molar-refractivity contribution is 0.660. The van der Waals surface area contributed by atoms with Crippen LogP contribution in [-0.4, -0.2) is 9.13 Å². The van der Waals surface area contributed by atoms with Gasteiger partial charge in [-0.1, -0.05) is 354 Å². The first-order chi connectivity index (χ1) is 63.7. The van der Waals surface area contributed by atoms with Gasteiger partial charge in [0.25, 0.3) is 0 Å². The Bertz CT molecular complexity index is 8300. The molecule has 0 atom stereocenters. The van der Waals surface area contributed by atoms with Crippen molar-refractivity contribution in [3.05, 3.63) is 484 Å². The molecule has 0 aliphatic heterocycles. The van der Waals surface area contributed by atoms with E-state index in [9.17, 15) is 0 Å². The van der Waals surface area contributed by atoms with Gasteiger partial charge in [-0.3, -0.25) is 0 Å². The van der Waals surface area contributed by atoms with E-state index in [0.717, 1.165) is 134 Å². The Kier molecular flexibility index (Phi) is 18.5. The number of anilines is 6. The number of benzene rings is 20. The van der Waals surface area contributed by atoms with Crippen molar-refractivity contribution >= 4 is 122 Å². The zero-order chi connectivity index (χ0) is 85.6. The lowest BCUT2D eigenvalue weighted by atomic mass is 9.82. The molecule has 129 heavy (non-hydrogen) atoms. The molecule has 0 spiro atoms. The lowest BCUT2D eigenvalue weighted by Crippen LogP contribution is -2.16. The molecule has 0 unspecified atom stereocenters. The summed E-state index contributed by atoms with van der Waals surface area (Å²) >= 11 is 0. The van der Waals surface area contributed by atoms with Crippen molar-refractivity contribution in [2.75, 3.05) is 9.80 Å². The third-order valence-corrected chi connectivity index (χ3v) is 26.4. The van der Waals surface area contributed by atoms with Crippen LogP contribution in [0.25, 0.3) is 188 Å². The van der Waals surface area contributed by atoms with Gasteiger partial charge >= 0.3 is 0 Å². The topological polar surface area (TPSA) is 42.6 Å². The van der Waals surface area contributed by atoms with E-state index in [4.69, 9.17) is 8.83 Å². The maximum absolute atomic E-state index is 6.96. The Morgan fingerprint density at radius 3 is 0.891 bits per heavy atom. The number of hydrogen-bond donors (Lipinski definition) is 0. The third kappa shape index (κ3) is 13.2. The summed E-state index contributed by atoms with van der Waals surface area (Å²) < 4.78 is 18.7. The largest absolute Gasteiger partial charge is 0.455 e. The molecule has 608 valence electrons. The molecular weight excluding hydrogens is 1570 g/mol. The van der Waals surface area contributed by atoms with Crippen LogP contribution in [0.3, 0.4) is 0 Å². The van der Waals surface area contributed by atoms with Gasteiger partial charge in [-0.25, -0.2) is 0 Å². The second kappa shape index (κ2) is 31.5. The first-order valence-electron chi connectivity index (χ1n) is 44.3. The van der Waals surface area contributed by atoms with Gasteiger partial charge in [0.2, 0.25) is 0 Å². The van der Waals surface area contributed by atoms with Crippen LogP contribution < -0.4 is 9.80 Å². The van der Waals surface area contributed by atoms with E-state index in [-0.39, 0.29) is 5.41 Å². The van der Waals surface area contributed by atoms with Gasteiger partial charge in [0.1, 0.15) is 22.3 Å². The van der Waals surface area contributed by atoms with Gasteiger partial charge in [-0.2, -0.15) is 0 Å². The number of furan rings is 2. The first kappa shape index (κ1) is 75.9. The molecular formula is C123H84N4O2. The van der Waals surface area contributed by atoms with E-state index in [1.165, 1.54) is 99.4 Å².